The molecular formula is C19H24N4O2S. The Balaban J connectivity index is 1.61. The van der Waals surface area contributed by atoms with E-state index < -0.39 is 0 Å². The Kier molecular flexibility index (Phi) is 5.58. The minimum atomic E-state index is -0.262. The number of methoxy groups -OCH3 is 1. The molecular weight excluding hydrogens is 348 g/mol. The van der Waals surface area contributed by atoms with Crippen molar-refractivity contribution in [2.45, 2.75) is 26.0 Å². The standard InChI is InChI=1S/C19H24N4O2S/c1-19(2,24-4)12-22-18(20-3)21-11-13-9-10-15(25-13)17-23-14-7-5-6-8-16(14)26-17/h5-10H,11-12H2,1-4H3,(H2,20,21,22). The third-order valence-electron chi connectivity index (χ3n) is 4.05. The third-order valence-corrected chi connectivity index (χ3v) is 5.11. The maximum absolute atomic E-state index is 5.94. The van der Waals surface area contributed by atoms with Crippen LogP contribution in [0.2, 0.25) is 0 Å². The molecule has 2 heterocycles. The van der Waals surface area contributed by atoms with Gasteiger partial charge in [-0.15, -0.1) is 11.3 Å². The number of hydrogen-bond acceptors (Lipinski definition) is 5. The zero-order chi connectivity index (χ0) is 18.6. The van der Waals surface area contributed by atoms with Gasteiger partial charge in [-0.3, -0.25) is 4.99 Å². The molecule has 2 aromatic heterocycles. The maximum Gasteiger partial charge on any atom is 0.191 e. The van der Waals surface area contributed by atoms with Gasteiger partial charge in [0.2, 0.25) is 0 Å². The first-order valence-corrected chi connectivity index (χ1v) is 9.27. The summed E-state index contributed by atoms with van der Waals surface area (Å²) in [5.74, 6) is 2.31. The van der Waals surface area contributed by atoms with E-state index in [-0.39, 0.29) is 5.60 Å². The summed E-state index contributed by atoms with van der Waals surface area (Å²) in [5.41, 5.74) is 0.733. The number of para-hydroxylation sites is 1. The molecule has 0 aliphatic carbocycles. The van der Waals surface area contributed by atoms with E-state index >= 15 is 0 Å². The summed E-state index contributed by atoms with van der Waals surface area (Å²) in [6.07, 6.45) is 0. The predicted octanol–water partition coefficient (Wildman–Crippen LogP) is 3.65. The predicted molar refractivity (Wildman–Crippen MR) is 107 cm³/mol. The number of nitrogens with zero attached hydrogens (tertiary/aromatic N) is 2. The number of thiazole rings is 1. The summed E-state index contributed by atoms with van der Waals surface area (Å²) >= 11 is 1.63. The number of benzene rings is 1. The van der Waals surface area contributed by atoms with Crippen LogP contribution in [0.5, 0.6) is 0 Å². The summed E-state index contributed by atoms with van der Waals surface area (Å²) in [6, 6.07) is 12.0. The van der Waals surface area contributed by atoms with Crippen molar-refractivity contribution < 1.29 is 9.15 Å². The van der Waals surface area contributed by atoms with E-state index in [0.717, 1.165) is 26.7 Å². The van der Waals surface area contributed by atoms with Gasteiger partial charge in [-0.2, -0.15) is 0 Å². The van der Waals surface area contributed by atoms with Crippen molar-refractivity contribution in [1.29, 1.82) is 0 Å². The number of rotatable bonds is 6. The van der Waals surface area contributed by atoms with Gasteiger partial charge in [-0.1, -0.05) is 12.1 Å². The van der Waals surface area contributed by atoms with Gasteiger partial charge in [0, 0.05) is 20.7 Å². The van der Waals surface area contributed by atoms with Crippen LogP contribution >= 0.6 is 11.3 Å². The van der Waals surface area contributed by atoms with E-state index in [1.54, 1.807) is 25.5 Å². The Morgan fingerprint density at radius 1 is 1.23 bits per heavy atom. The van der Waals surface area contributed by atoms with Crippen LogP contribution in [0.3, 0.4) is 0 Å². The van der Waals surface area contributed by atoms with E-state index in [2.05, 4.69) is 26.7 Å². The normalized spacial score (nSPS) is 12.5. The molecule has 6 nitrogen and oxygen atoms in total. The quantitative estimate of drug-likeness (QED) is 0.510. The number of hydrogen-bond donors (Lipinski definition) is 2. The molecule has 2 N–H and O–H groups in total. The molecule has 1 aromatic carbocycles. The molecule has 7 heteroatoms. The number of nitrogens with one attached hydrogen (secondary N) is 2. The summed E-state index contributed by atoms with van der Waals surface area (Å²) in [5, 5.41) is 7.39. The second-order valence-electron chi connectivity index (χ2n) is 6.50. The van der Waals surface area contributed by atoms with Gasteiger partial charge >= 0.3 is 0 Å². The Morgan fingerprint density at radius 3 is 2.77 bits per heavy atom. The number of aromatic nitrogens is 1. The first-order valence-electron chi connectivity index (χ1n) is 8.45. The van der Waals surface area contributed by atoms with Crippen LogP contribution in [0.25, 0.3) is 21.0 Å². The van der Waals surface area contributed by atoms with Crippen LogP contribution in [0.4, 0.5) is 0 Å². The number of fused-ring (bicyclic) bond motifs is 1. The lowest BCUT2D eigenvalue weighted by Crippen LogP contribution is -2.45. The molecule has 138 valence electrons. The maximum atomic E-state index is 5.94. The number of furan rings is 1. The summed E-state index contributed by atoms with van der Waals surface area (Å²) < 4.78 is 12.5. The monoisotopic (exact) mass is 372 g/mol. The minimum Gasteiger partial charge on any atom is -0.457 e. The van der Waals surface area contributed by atoms with Gasteiger partial charge < -0.3 is 19.8 Å². The van der Waals surface area contributed by atoms with Crippen molar-refractivity contribution in [3.63, 3.8) is 0 Å². The first-order chi connectivity index (χ1) is 12.5. The van der Waals surface area contributed by atoms with Crippen LogP contribution in [-0.4, -0.2) is 37.2 Å². The fraction of sp³-hybridized carbons (Fsp3) is 0.368. The highest BCUT2D eigenvalue weighted by molar-refractivity contribution is 7.21. The number of ether oxygens (including phenoxy) is 1. The molecule has 0 unspecified atom stereocenters. The van der Waals surface area contributed by atoms with Crippen molar-refractivity contribution in [3.8, 4) is 10.8 Å². The van der Waals surface area contributed by atoms with E-state index in [1.165, 1.54) is 0 Å². The van der Waals surface area contributed by atoms with Crippen molar-refractivity contribution in [2.24, 2.45) is 4.99 Å². The molecule has 0 atom stereocenters. The minimum absolute atomic E-state index is 0.262. The lowest BCUT2D eigenvalue weighted by Gasteiger charge is -2.24. The smallest absolute Gasteiger partial charge is 0.191 e. The highest BCUT2D eigenvalue weighted by atomic mass is 32.1. The highest BCUT2D eigenvalue weighted by Gasteiger charge is 2.16. The number of guanidine groups is 1. The SMILES string of the molecule is CN=C(NCc1ccc(-c2nc3ccccc3s2)o1)NCC(C)(C)OC. The molecule has 26 heavy (non-hydrogen) atoms. The largest absolute Gasteiger partial charge is 0.457 e. The average Bonchev–Trinajstić information content (AvgIpc) is 3.28. The second-order valence-corrected chi connectivity index (χ2v) is 7.53. The van der Waals surface area contributed by atoms with Crippen LogP contribution in [0.1, 0.15) is 19.6 Å². The Labute approximate surface area is 157 Å². The lowest BCUT2D eigenvalue weighted by atomic mass is 10.1. The number of aliphatic imine (C=N–C) groups is 1. The third kappa shape index (κ3) is 4.42. The molecule has 0 saturated carbocycles. The van der Waals surface area contributed by atoms with Gasteiger partial charge in [0.25, 0.3) is 0 Å². The topological polar surface area (TPSA) is 71.7 Å². The molecule has 0 bridgehead atoms. The molecule has 0 aliphatic heterocycles. The molecule has 0 aliphatic rings. The molecule has 0 fully saturated rings. The van der Waals surface area contributed by atoms with Gasteiger partial charge in [0.1, 0.15) is 5.76 Å². The van der Waals surface area contributed by atoms with Gasteiger partial charge in [-0.25, -0.2) is 4.98 Å². The second kappa shape index (κ2) is 7.88. The van der Waals surface area contributed by atoms with Crippen molar-refractivity contribution >= 4 is 27.5 Å². The molecule has 0 spiro atoms. The van der Waals surface area contributed by atoms with Crippen LogP contribution in [0, 0.1) is 0 Å². The van der Waals surface area contributed by atoms with Gasteiger partial charge in [-0.05, 0) is 38.1 Å². The van der Waals surface area contributed by atoms with Gasteiger partial charge in [0.15, 0.2) is 16.7 Å². The summed E-state index contributed by atoms with van der Waals surface area (Å²) in [4.78, 5) is 8.85. The zero-order valence-electron chi connectivity index (χ0n) is 15.5. The van der Waals surface area contributed by atoms with Crippen LogP contribution in [0.15, 0.2) is 45.8 Å². The Hall–Kier alpha value is -2.38. The van der Waals surface area contributed by atoms with Crippen molar-refractivity contribution in [1.82, 2.24) is 15.6 Å². The summed E-state index contributed by atoms with van der Waals surface area (Å²) in [6.45, 7) is 5.23. The van der Waals surface area contributed by atoms with Gasteiger partial charge in [0.05, 0.1) is 22.4 Å². The van der Waals surface area contributed by atoms with Crippen molar-refractivity contribution in [3.05, 3.63) is 42.2 Å². The fourth-order valence-corrected chi connectivity index (χ4v) is 3.25. The Morgan fingerprint density at radius 2 is 2.04 bits per heavy atom. The molecule has 0 amide bonds. The lowest BCUT2D eigenvalue weighted by molar-refractivity contribution is 0.0268. The molecule has 3 rings (SSSR count). The average molecular weight is 372 g/mol. The molecule has 3 aromatic rings. The zero-order valence-corrected chi connectivity index (χ0v) is 16.3. The van der Waals surface area contributed by atoms with E-state index in [1.807, 2.05) is 44.2 Å². The highest BCUT2D eigenvalue weighted by Crippen LogP contribution is 2.31. The van der Waals surface area contributed by atoms with E-state index in [4.69, 9.17) is 9.15 Å². The van der Waals surface area contributed by atoms with Crippen LogP contribution < -0.4 is 10.6 Å². The van der Waals surface area contributed by atoms with Crippen molar-refractivity contribution in [2.75, 3.05) is 20.7 Å². The fourth-order valence-electron chi connectivity index (χ4n) is 2.33. The van der Waals surface area contributed by atoms with E-state index in [9.17, 15) is 0 Å². The molecule has 0 radical (unpaired) electrons. The molecule has 0 saturated heterocycles. The first kappa shape index (κ1) is 18.4. The summed E-state index contributed by atoms with van der Waals surface area (Å²) in [7, 11) is 3.44. The van der Waals surface area contributed by atoms with Crippen LogP contribution in [-0.2, 0) is 11.3 Å². The van der Waals surface area contributed by atoms with E-state index in [0.29, 0.717) is 19.0 Å². The Bertz CT molecular complexity index is 865.